The van der Waals surface area contributed by atoms with Crippen molar-refractivity contribution in [2.75, 3.05) is 26.8 Å². The highest BCUT2D eigenvalue weighted by atomic mass is 16.5. The number of nitrogens with zero attached hydrogens (tertiary/aromatic N) is 4. The van der Waals surface area contributed by atoms with Crippen molar-refractivity contribution in [3.8, 4) is 5.75 Å². The van der Waals surface area contributed by atoms with Crippen LogP contribution in [0.2, 0.25) is 0 Å². The van der Waals surface area contributed by atoms with E-state index >= 15 is 0 Å². The summed E-state index contributed by atoms with van der Waals surface area (Å²) in [7, 11) is 1.63. The average Bonchev–Trinajstić information content (AvgIpc) is 3.17. The molecule has 2 heterocycles. The van der Waals surface area contributed by atoms with Gasteiger partial charge in [-0.3, -0.25) is 4.79 Å². The maximum atomic E-state index is 12.4. The second kappa shape index (κ2) is 7.92. The molecule has 24 heavy (non-hydrogen) atoms. The minimum Gasteiger partial charge on any atom is -0.497 e. The van der Waals surface area contributed by atoms with E-state index in [0.717, 1.165) is 30.7 Å². The van der Waals surface area contributed by atoms with Gasteiger partial charge in [0.2, 0.25) is 5.91 Å². The molecule has 128 valence electrons. The van der Waals surface area contributed by atoms with Crippen LogP contribution in [-0.4, -0.2) is 52.4 Å². The lowest BCUT2D eigenvalue weighted by Gasteiger charge is -2.32. The summed E-state index contributed by atoms with van der Waals surface area (Å²) in [5.74, 6) is 0.803. The molecule has 0 N–H and O–H groups in total. The SMILES string of the molecule is COc1cccc(COCC(=O)N2CCC[C@H](n3cncn3)C2)c1. The van der Waals surface area contributed by atoms with Crippen LogP contribution in [0.25, 0.3) is 0 Å². The van der Waals surface area contributed by atoms with Gasteiger partial charge >= 0.3 is 0 Å². The summed E-state index contributed by atoms with van der Waals surface area (Å²) in [6.45, 7) is 1.90. The molecule has 1 atom stereocenters. The molecule has 0 aliphatic carbocycles. The first-order valence-corrected chi connectivity index (χ1v) is 8.09. The number of carbonyl (C=O) groups excluding carboxylic acids is 1. The van der Waals surface area contributed by atoms with Crippen LogP contribution in [0.3, 0.4) is 0 Å². The van der Waals surface area contributed by atoms with Crippen molar-refractivity contribution in [1.82, 2.24) is 19.7 Å². The molecule has 0 radical (unpaired) electrons. The Bertz CT molecular complexity index is 660. The summed E-state index contributed by atoms with van der Waals surface area (Å²) in [4.78, 5) is 18.2. The van der Waals surface area contributed by atoms with Gasteiger partial charge < -0.3 is 14.4 Å². The van der Waals surface area contributed by atoms with Gasteiger partial charge in [-0.2, -0.15) is 5.10 Å². The molecule has 1 aliphatic rings. The van der Waals surface area contributed by atoms with Gasteiger partial charge in [0, 0.05) is 13.1 Å². The van der Waals surface area contributed by atoms with Crippen LogP contribution < -0.4 is 4.74 Å². The van der Waals surface area contributed by atoms with Crippen molar-refractivity contribution >= 4 is 5.91 Å². The quantitative estimate of drug-likeness (QED) is 0.806. The fraction of sp³-hybridized carbons (Fsp3) is 0.471. The van der Waals surface area contributed by atoms with Crippen LogP contribution in [0.1, 0.15) is 24.4 Å². The lowest BCUT2D eigenvalue weighted by atomic mass is 10.1. The summed E-state index contributed by atoms with van der Waals surface area (Å²) in [6, 6.07) is 7.85. The molecule has 0 spiro atoms. The molecule has 1 amide bonds. The first kappa shape index (κ1) is 16.4. The molecule has 0 unspecified atom stereocenters. The number of benzene rings is 1. The van der Waals surface area contributed by atoms with Crippen LogP contribution in [0.15, 0.2) is 36.9 Å². The van der Waals surface area contributed by atoms with Crippen molar-refractivity contribution in [2.24, 2.45) is 0 Å². The van der Waals surface area contributed by atoms with Crippen LogP contribution in [-0.2, 0) is 16.1 Å². The predicted octanol–water partition coefficient (Wildman–Crippen LogP) is 1.67. The Labute approximate surface area is 141 Å². The molecule has 1 saturated heterocycles. The number of piperidine rings is 1. The van der Waals surface area contributed by atoms with E-state index in [4.69, 9.17) is 9.47 Å². The third-order valence-corrected chi connectivity index (χ3v) is 4.19. The van der Waals surface area contributed by atoms with Gasteiger partial charge in [0.15, 0.2) is 0 Å². The number of rotatable bonds is 6. The number of carbonyl (C=O) groups is 1. The molecule has 0 saturated carbocycles. The lowest BCUT2D eigenvalue weighted by molar-refractivity contribution is -0.138. The standard InChI is InChI=1S/C17H22N4O3/c1-23-16-6-2-4-14(8-16)10-24-11-17(22)20-7-3-5-15(9-20)21-13-18-12-19-21/h2,4,6,8,12-13,15H,3,5,7,9-11H2,1H3/t15-/m0/s1. The van der Waals surface area contributed by atoms with Crippen LogP contribution in [0.4, 0.5) is 0 Å². The maximum Gasteiger partial charge on any atom is 0.248 e. The Morgan fingerprint density at radius 2 is 2.33 bits per heavy atom. The number of hydrogen-bond acceptors (Lipinski definition) is 5. The molecule has 1 fully saturated rings. The Morgan fingerprint density at radius 1 is 1.42 bits per heavy atom. The molecular formula is C17H22N4O3. The minimum absolute atomic E-state index is 0.0164. The number of methoxy groups -OCH3 is 1. The van der Waals surface area contributed by atoms with Gasteiger partial charge in [0.1, 0.15) is 25.0 Å². The van der Waals surface area contributed by atoms with Gasteiger partial charge in [-0.1, -0.05) is 12.1 Å². The van der Waals surface area contributed by atoms with E-state index in [-0.39, 0.29) is 18.6 Å². The van der Waals surface area contributed by atoms with Crippen LogP contribution >= 0.6 is 0 Å². The third-order valence-electron chi connectivity index (χ3n) is 4.19. The van der Waals surface area contributed by atoms with Crippen molar-refractivity contribution < 1.29 is 14.3 Å². The fourth-order valence-corrected chi connectivity index (χ4v) is 2.91. The number of hydrogen-bond donors (Lipinski definition) is 0. The largest absolute Gasteiger partial charge is 0.497 e. The van der Waals surface area contributed by atoms with Crippen molar-refractivity contribution in [2.45, 2.75) is 25.5 Å². The molecule has 7 heteroatoms. The first-order chi connectivity index (χ1) is 11.8. The van der Waals surface area contributed by atoms with Gasteiger partial charge in [0.25, 0.3) is 0 Å². The van der Waals surface area contributed by atoms with E-state index in [0.29, 0.717) is 13.2 Å². The molecule has 1 aromatic carbocycles. The Morgan fingerprint density at radius 3 is 3.12 bits per heavy atom. The molecule has 0 bridgehead atoms. The monoisotopic (exact) mass is 330 g/mol. The van der Waals surface area contributed by atoms with Crippen molar-refractivity contribution in [3.05, 3.63) is 42.5 Å². The van der Waals surface area contributed by atoms with Crippen molar-refractivity contribution in [1.29, 1.82) is 0 Å². The molecule has 1 aromatic heterocycles. The first-order valence-electron chi connectivity index (χ1n) is 8.09. The summed E-state index contributed by atoms with van der Waals surface area (Å²) in [5.41, 5.74) is 0.987. The summed E-state index contributed by atoms with van der Waals surface area (Å²) < 4.78 is 12.6. The molecule has 3 rings (SSSR count). The predicted molar refractivity (Wildman–Crippen MR) is 87.5 cm³/mol. The van der Waals surface area contributed by atoms with Gasteiger partial charge in [-0.15, -0.1) is 0 Å². The number of ether oxygens (including phenoxy) is 2. The van der Waals surface area contributed by atoms with E-state index in [2.05, 4.69) is 10.1 Å². The Hall–Kier alpha value is -2.41. The van der Waals surface area contributed by atoms with E-state index in [1.165, 1.54) is 6.33 Å². The maximum absolute atomic E-state index is 12.4. The highest BCUT2D eigenvalue weighted by Crippen LogP contribution is 2.20. The third kappa shape index (κ3) is 4.11. The summed E-state index contributed by atoms with van der Waals surface area (Å²) in [5, 5.41) is 4.18. The van der Waals surface area contributed by atoms with E-state index in [1.54, 1.807) is 13.4 Å². The number of aromatic nitrogens is 3. The second-order valence-electron chi connectivity index (χ2n) is 5.86. The molecule has 2 aromatic rings. The van der Waals surface area contributed by atoms with Gasteiger partial charge in [-0.05, 0) is 30.5 Å². The van der Waals surface area contributed by atoms with E-state index in [1.807, 2.05) is 33.8 Å². The number of likely N-dealkylation sites (tertiary alicyclic amines) is 1. The lowest BCUT2D eigenvalue weighted by Crippen LogP contribution is -2.42. The van der Waals surface area contributed by atoms with E-state index < -0.39 is 0 Å². The highest BCUT2D eigenvalue weighted by molar-refractivity contribution is 5.77. The zero-order valence-electron chi connectivity index (χ0n) is 13.8. The van der Waals surface area contributed by atoms with Crippen molar-refractivity contribution in [3.63, 3.8) is 0 Å². The summed E-state index contributed by atoms with van der Waals surface area (Å²) in [6.07, 6.45) is 5.21. The molecule has 1 aliphatic heterocycles. The highest BCUT2D eigenvalue weighted by Gasteiger charge is 2.25. The smallest absolute Gasteiger partial charge is 0.248 e. The van der Waals surface area contributed by atoms with Crippen LogP contribution in [0, 0.1) is 0 Å². The summed E-state index contributed by atoms with van der Waals surface area (Å²) >= 11 is 0. The molecular weight excluding hydrogens is 308 g/mol. The minimum atomic E-state index is 0.0164. The van der Waals surface area contributed by atoms with Crippen LogP contribution in [0.5, 0.6) is 5.75 Å². The van der Waals surface area contributed by atoms with Gasteiger partial charge in [-0.25, -0.2) is 9.67 Å². The topological polar surface area (TPSA) is 69.5 Å². The van der Waals surface area contributed by atoms with E-state index in [9.17, 15) is 4.79 Å². The van der Waals surface area contributed by atoms with Gasteiger partial charge in [0.05, 0.1) is 19.8 Å². The number of amides is 1. The second-order valence-corrected chi connectivity index (χ2v) is 5.86. The zero-order chi connectivity index (χ0) is 16.8. The normalized spacial score (nSPS) is 17.7. The Balaban J connectivity index is 1.47. The molecule has 7 nitrogen and oxygen atoms in total. The fourth-order valence-electron chi connectivity index (χ4n) is 2.91. The Kier molecular flexibility index (Phi) is 5.43. The zero-order valence-corrected chi connectivity index (χ0v) is 13.8. The average molecular weight is 330 g/mol.